The minimum absolute atomic E-state index is 0.112. The van der Waals surface area contributed by atoms with Crippen LogP contribution in [0.15, 0.2) is 42.6 Å². The van der Waals surface area contributed by atoms with Crippen LogP contribution in [0, 0.1) is 0 Å². The molecule has 3 heterocycles. The lowest BCUT2D eigenvalue weighted by Gasteiger charge is -2.27. The third-order valence-electron chi connectivity index (χ3n) is 5.43. The summed E-state index contributed by atoms with van der Waals surface area (Å²) in [7, 11) is 0. The van der Waals surface area contributed by atoms with Gasteiger partial charge in [0.2, 0.25) is 5.88 Å². The fourth-order valence-electron chi connectivity index (χ4n) is 3.75. The summed E-state index contributed by atoms with van der Waals surface area (Å²) in [6.07, 6.45) is 2.04. The van der Waals surface area contributed by atoms with Gasteiger partial charge in [-0.2, -0.15) is 0 Å². The quantitative estimate of drug-likeness (QED) is 0.742. The first-order valence-electron chi connectivity index (χ1n) is 10.9. The van der Waals surface area contributed by atoms with Crippen molar-refractivity contribution in [1.29, 1.82) is 0 Å². The van der Waals surface area contributed by atoms with Gasteiger partial charge in [0.15, 0.2) is 0 Å². The highest BCUT2D eigenvalue weighted by molar-refractivity contribution is 5.96. The molecule has 0 spiro atoms. The molecule has 170 valence electrons. The van der Waals surface area contributed by atoms with E-state index in [1.807, 2.05) is 31.2 Å². The minimum atomic E-state index is -0.229. The fourth-order valence-corrected chi connectivity index (χ4v) is 3.75. The predicted octanol–water partition coefficient (Wildman–Crippen LogP) is 2.64. The van der Waals surface area contributed by atoms with E-state index in [4.69, 9.17) is 14.2 Å². The molecule has 32 heavy (non-hydrogen) atoms. The van der Waals surface area contributed by atoms with E-state index in [2.05, 4.69) is 10.3 Å². The molecule has 9 heteroatoms. The van der Waals surface area contributed by atoms with Crippen LogP contribution < -0.4 is 14.8 Å². The molecule has 4 rings (SSSR count). The van der Waals surface area contributed by atoms with Gasteiger partial charge in [0.1, 0.15) is 17.4 Å². The highest BCUT2D eigenvalue weighted by atomic mass is 16.5. The zero-order chi connectivity index (χ0) is 22.3. The average molecular weight is 441 g/mol. The monoisotopic (exact) mass is 440 g/mol. The van der Waals surface area contributed by atoms with Gasteiger partial charge in [0.25, 0.3) is 5.91 Å². The summed E-state index contributed by atoms with van der Waals surface area (Å²) < 4.78 is 16.8. The van der Waals surface area contributed by atoms with Crippen molar-refractivity contribution in [3.05, 3.63) is 48.2 Å². The summed E-state index contributed by atoms with van der Waals surface area (Å²) in [5.41, 5.74) is 1.14. The Labute approximate surface area is 187 Å². The number of benzene rings is 1. The van der Waals surface area contributed by atoms with Crippen molar-refractivity contribution in [2.24, 2.45) is 0 Å². The third-order valence-corrected chi connectivity index (χ3v) is 5.43. The molecule has 0 saturated carbocycles. The smallest absolute Gasteiger partial charge is 0.321 e. The normalized spacial score (nSPS) is 18.3. The van der Waals surface area contributed by atoms with Crippen LogP contribution in [-0.4, -0.2) is 78.8 Å². The first kappa shape index (κ1) is 21.9. The Morgan fingerprint density at radius 2 is 1.91 bits per heavy atom. The number of nitrogens with one attached hydrogen (secondary N) is 1. The summed E-state index contributed by atoms with van der Waals surface area (Å²) >= 11 is 0. The van der Waals surface area contributed by atoms with Crippen LogP contribution in [0.5, 0.6) is 11.6 Å². The molecule has 2 fully saturated rings. The SMILES string of the molecule is CCOc1ccc(NC(=O)N2CCC(Oc3ncccc3C(=O)N3CCOCC3)C2)cc1. The topological polar surface area (TPSA) is 93.2 Å². The standard InChI is InChI=1S/C23H28N4O5/c1-2-31-18-7-5-17(6-8-18)25-23(29)27-11-9-19(16-27)32-21-20(4-3-10-24-21)22(28)26-12-14-30-15-13-26/h3-8,10,19H,2,9,11-16H2,1H3,(H,25,29). The molecule has 2 aliphatic rings. The second-order valence-electron chi connectivity index (χ2n) is 7.62. The molecule has 2 saturated heterocycles. The summed E-state index contributed by atoms with van der Waals surface area (Å²) in [5.74, 6) is 0.959. The second-order valence-corrected chi connectivity index (χ2v) is 7.62. The third kappa shape index (κ3) is 5.28. The molecule has 0 radical (unpaired) electrons. The molecule has 1 aromatic carbocycles. The minimum Gasteiger partial charge on any atom is -0.494 e. The lowest BCUT2D eigenvalue weighted by molar-refractivity contribution is 0.0298. The van der Waals surface area contributed by atoms with Gasteiger partial charge in [-0.05, 0) is 43.3 Å². The van der Waals surface area contributed by atoms with Crippen LogP contribution in [0.3, 0.4) is 0 Å². The van der Waals surface area contributed by atoms with Crippen molar-refractivity contribution in [1.82, 2.24) is 14.8 Å². The van der Waals surface area contributed by atoms with Crippen LogP contribution in [0.2, 0.25) is 0 Å². The Bertz CT molecular complexity index is 930. The van der Waals surface area contributed by atoms with Crippen molar-refractivity contribution in [2.75, 3.05) is 51.3 Å². The molecule has 2 aliphatic heterocycles. The highest BCUT2D eigenvalue weighted by Gasteiger charge is 2.30. The average Bonchev–Trinajstić information content (AvgIpc) is 3.30. The first-order valence-corrected chi connectivity index (χ1v) is 10.9. The molecule has 0 aliphatic carbocycles. The van der Waals surface area contributed by atoms with E-state index in [0.29, 0.717) is 69.6 Å². The number of amides is 3. The van der Waals surface area contributed by atoms with E-state index in [1.165, 1.54) is 0 Å². The Morgan fingerprint density at radius 1 is 1.12 bits per heavy atom. The van der Waals surface area contributed by atoms with Crippen molar-refractivity contribution < 1.29 is 23.8 Å². The summed E-state index contributed by atoms with van der Waals surface area (Å²) in [5, 5.41) is 2.90. The van der Waals surface area contributed by atoms with Crippen LogP contribution >= 0.6 is 0 Å². The number of rotatable bonds is 6. The van der Waals surface area contributed by atoms with Crippen LogP contribution in [-0.2, 0) is 4.74 Å². The van der Waals surface area contributed by atoms with E-state index in [1.54, 1.807) is 28.1 Å². The van der Waals surface area contributed by atoms with Crippen molar-refractivity contribution in [2.45, 2.75) is 19.4 Å². The van der Waals surface area contributed by atoms with Crippen molar-refractivity contribution >= 4 is 17.6 Å². The van der Waals surface area contributed by atoms with Gasteiger partial charge < -0.3 is 29.3 Å². The second kappa shape index (κ2) is 10.3. The molecular weight excluding hydrogens is 412 g/mol. The van der Waals surface area contributed by atoms with Crippen LogP contribution in [0.25, 0.3) is 0 Å². The summed E-state index contributed by atoms with van der Waals surface area (Å²) in [6, 6.07) is 10.5. The number of carbonyl (C=O) groups excluding carboxylic acids is 2. The zero-order valence-electron chi connectivity index (χ0n) is 18.2. The molecule has 1 unspecified atom stereocenters. The molecule has 1 atom stereocenters. The maximum Gasteiger partial charge on any atom is 0.321 e. The summed E-state index contributed by atoms with van der Waals surface area (Å²) in [4.78, 5) is 33.3. The van der Waals surface area contributed by atoms with Gasteiger partial charge in [0, 0.05) is 37.9 Å². The van der Waals surface area contributed by atoms with Crippen LogP contribution in [0.4, 0.5) is 10.5 Å². The Hall–Kier alpha value is -3.33. The molecule has 1 aromatic heterocycles. The van der Waals surface area contributed by atoms with Gasteiger partial charge in [0.05, 0.1) is 26.4 Å². The number of likely N-dealkylation sites (tertiary alicyclic amines) is 1. The molecule has 3 amide bonds. The van der Waals surface area contributed by atoms with Crippen LogP contribution in [0.1, 0.15) is 23.7 Å². The van der Waals surface area contributed by atoms with Gasteiger partial charge in [-0.3, -0.25) is 4.79 Å². The number of anilines is 1. The molecule has 1 N–H and O–H groups in total. The maximum atomic E-state index is 12.9. The lowest BCUT2D eigenvalue weighted by Crippen LogP contribution is -2.41. The predicted molar refractivity (Wildman–Crippen MR) is 118 cm³/mol. The summed E-state index contributed by atoms with van der Waals surface area (Å²) in [6.45, 7) is 5.67. The van der Waals surface area contributed by atoms with Gasteiger partial charge in [-0.25, -0.2) is 9.78 Å². The number of urea groups is 1. The fraction of sp³-hybridized carbons (Fsp3) is 0.435. The molecule has 9 nitrogen and oxygen atoms in total. The van der Waals surface area contributed by atoms with E-state index >= 15 is 0 Å². The Balaban J connectivity index is 1.34. The number of nitrogens with zero attached hydrogens (tertiary/aromatic N) is 3. The highest BCUT2D eigenvalue weighted by Crippen LogP contribution is 2.23. The lowest BCUT2D eigenvalue weighted by atomic mass is 10.2. The number of aromatic nitrogens is 1. The van der Waals surface area contributed by atoms with Crippen molar-refractivity contribution in [3.63, 3.8) is 0 Å². The van der Waals surface area contributed by atoms with Gasteiger partial charge >= 0.3 is 6.03 Å². The number of carbonyl (C=O) groups is 2. The largest absolute Gasteiger partial charge is 0.494 e. The van der Waals surface area contributed by atoms with E-state index in [-0.39, 0.29) is 18.0 Å². The molecule has 2 aromatic rings. The number of ether oxygens (including phenoxy) is 3. The number of pyridine rings is 1. The Kier molecular flexibility index (Phi) is 7.06. The first-order chi connectivity index (χ1) is 15.6. The zero-order valence-corrected chi connectivity index (χ0v) is 18.2. The molecular formula is C23H28N4O5. The van der Waals surface area contributed by atoms with Crippen molar-refractivity contribution in [3.8, 4) is 11.6 Å². The Morgan fingerprint density at radius 3 is 2.66 bits per heavy atom. The number of hydrogen-bond donors (Lipinski definition) is 1. The van der Waals surface area contributed by atoms with E-state index in [9.17, 15) is 9.59 Å². The van der Waals surface area contributed by atoms with Gasteiger partial charge in [-0.1, -0.05) is 0 Å². The van der Waals surface area contributed by atoms with Gasteiger partial charge in [-0.15, -0.1) is 0 Å². The number of morpholine rings is 1. The molecule has 0 bridgehead atoms. The van der Waals surface area contributed by atoms with E-state index < -0.39 is 0 Å². The number of hydrogen-bond acceptors (Lipinski definition) is 6. The van der Waals surface area contributed by atoms with E-state index in [0.717, 1.165) is 5.75 Å². The maximum absolute atomic E-state index is 12.9.